The van der Waals surface area contributed by atoms with Crippen molar-refractivity contribution in [1.29, 1.82) is 0 Å². The van der Waals surface area contributed by atoms with Gasteiger partial charge in [-0.05, 0) is 69.7 Å². The molecule has 1 unspecified atom stereocenters. The minimum absolute atomic E-state index is 0.312. The Balaban J connectivity index is 1.72. The molecule has 0 fully saturated rings. The molecule has 2 aromatic carbocycles. The molecule has 0 saturated carbocycles. The Hall–Kier alpha value is -3.91. The third kappa shape index (κ3) is 9.24. The first-order valence-corrected chi connectivity index (χ1v) is 12.4. The van der Waals surface area contributed by atoms with Crippen LogP contribution in [-0.2, 0) is 17.6 Å². The quantitative estimate of drug-likeness (QED) is 0.232. The number of alkyl carbamates (subject to hydrolysis) is 1. The molecule has 0 saturated heterocycles. The zero-order valence-electron chi connectivity index (χ0n) is 21.5. The van der Waals surface area contributed by atoms with Gasteiger partial charge in [-0.25, -0.2) is 9.59 Å². The monoisotopic (exact) mass is 505 g/mol. The average molecular weight is 506 g/mol. The summed E-state index contributed by atoms with van der Waals surface area (Å²) in [5.41, 5.74) is 3.06. The van der Waals surface area contributed by atoms with E-state index in [1.165, 1.54) is 0 Å². The number of carboxylic acid groups (broad SMARTS) is 1. The maximum Gasteiger partial charge on any atom is 0.431 e. The van der Waals surface area contributed by atoms with E-state index in [0.29, 0.717) is 30.7 Å². The maximum absolute atomic E-state index is 12.5. The molecule has 3 N–H and O–H groups in total. The fraction of sp³-hybridized carbons (Fsp3) is 0.345. The molecule has 3 aromatic rings. The van der Waals surface area contributed by atoms with Gasteiger partial charge in [0.05, 0.1) is 11.7 Å². The highest BCUT2D eigenvalue weighted by Gasteiger charge is 2.25. The summed E-state index contributed by atoms with van der Waals surface area (Å²) in [6, 6.07) is 22.1. The molecule has 3 rings (SSSR count). The second-order valence-electron chi connectivity index (χ2n) is 10.0. The van der Waals surface area contributed by atoms with Gasteiger partial charge in [0.25, 0.3) is 0 Å². The normalized spacial score (nSPS) is 12.9. The number of rotatable bonds is 10. The number of benzene rings is 2. The predicted octanol–water partition coefficient (Wildman–Crippen LogP) is 5.95. The zero-order chi connectivity index (χ0) is 26.8. The van der Waals surface area contributed by atoms with E-state index in [2.05, 4.69) is 10.3 Å². The first-order valence-electron chi connectivity index (χ1n) is 12.4. The Morgan fingerprint density at radius 3 is 2.16 bits per heavy atom. The molecule has 8 nitrogen and oxygen atoms in total. The Morgan fingerprint density at radius 2 is 1.57 bits per heavy atom. The number of hydrogen-bond acceptors (Lipinski definition) is 5. The van der Waals surface area contributed by atoms with Gasteiger partial charge in [0.2, 0.25) is 0 Å². The van der Waals surface area contributed by atoms with Crippen molar-refractivity contribution in [3.05, 3.63) is 90.1 Å². The molecule has 0 bridgehead atoms. The lowest BCUT2D eigenvalue weighted by molar-refractivity contribution is -0.0985. The fourth-order valence-electron chi connectivity index (χ4n) is 4.08. The first kappa shape index (κ1) is 27.7. The van der Waals surface area contributed by atoms with Crippen LogP contribution in [0, 0.1) is 0 Å². The Morgan fingerprint density at radius 1 is 0.919 bits per heavy atom. The van der Waals surface area contributed by atoms with Gasteiger partial charge in [-0.2, -0.15) is 5.06 Å². The highest BCUT2D eigenvalue weighted by atomic mass is 16.6. The molecule has 0 aliphatic carbocycles. The standard InChI is InChI=1S/C29H35N3O5/c1-29(2,3)37-27(33)31-24(19-21-9-5-4-6-10-21)16-17-25(32(36)28(34)35)20-22-12-14-23(15-13-22)26-11-7-8-18-30-26/h4-15,18,24-25,36H,16-17,19-20H2,1-3H3,(H,31,33)(H,34,35)/t24-,25?/m0/s1. The molecule has 0 aliphatic rings. The third-order valence-electron chi connectivity index (χ3n) is 5.82. The van der Waals surface area contributed by atoms with Crippen LogP contribution < -0.4 is 5.32 Å². The summed E-state index contributed by atoms with van der Waals surface area (Å²) in [6.07, 6.45) is 1.41. The molecule has 1 heterocycles. The van der Waals surface area contributed by atoms with Gasteiger partial charge in [0.1, 0.15) is 5.60 Å². The maximum atomic E-state index is 12.5. The number of nitrogens with zero attached hydrogens (tertiary/aromatic N) is 2. The topological polar surface area (TPSA) is 112 Å². The second-order valence-corrected chi connectivity index (χ2v) is 10.0. The van der Waals surface area contributed by atoms with Gasteiger partial charge in [-0.1, -0.05) is 60.7 Å². The fourth-order valence-corrected chi connectivity index (χ4v) is 4.08. The van der Waals surface area contributed by atoms with Crippen molar-refractivity contribution in [3.63, 3.8) is 0 Å². The largest absolute Gasteiger partial charge is 0.463 e. The number of ether oxygens (including phenoxy) is 1. The van der Waals surface area contributed by atoms with E-state index >= 15 is 0 Å². The van der Waals surface area contributed by atoms with Gasteiger partial charge < -0.3 is 15.2 Å². The van der Waals surface area contributed by atoms with Crippen LogP contribution in [0.5, 0.6) is 0 Å². The minimum Gasteiger partial charge on any atom is -0.463 e. The van der Waals surface area contributed by atoms with Crippen LogP contribution in [0.15, 0.2) is 79.0 Å². The number of carbonyl (C=O) groups excluding carboxylic acids is 1. The zero-order valence-corrected chi connectivity index (χ0v) is 21.5. The average Bonchev–Trinajstić information content (AvgIpc) is 2.86. The highest BCUT2D eigenvalue weighted by molar-refractivity contribution is 5.68. The number of hydrogen-bond donors (Lipinski definition) is 3. The van der Waals surface area contributed by atoms with E-state index in [9.17, 15) is 19.9 Å². The Kier molecular flexibility index (Phi) is 9.63. The molecular weight excluding hydrogens is 470 g/mol. The van der Waals surface area contributed by atoms with E-state index < -0.39 is 23.8 Å². The summed E-state index contributed by atoms with van der Waals surface area (Å²) in [7, 11) is 0. The van der Waals surface area contributed by atoms with Crippen molar-refractivity contribution < 1.29 is 24.6 Å². The lowest BCUT2D eigenvalue weighted by atomic mass is 9.95. The SMILES string of the molecule is CC(C)(C)OC(=O)N[C@@H](CCC(Cc1ccc(-c2ccccn2)cc1)N(O)C(=O)O)Cc1ccccc1. The molecule has 2 amide bonds. The summed E-state index contributed by atoms with van der Waals surface area (Å²) in [5, 5.41) is 23.1. The highest BCUT2D eigenvalue weighted by Crippen LogP contribution is 2.21. The van der Waals surface area contributed by atoms with E-state index in [0.717, 1.165) is 22.4 Å². The Labute approximate surface area is 217 Å². The molecule has 0 aliphatic heterocycles. The van der Waals surface area contributed by atoms with Crippen LogP contribution in [0.1, 0.15) is 44.7 Å². The summed E-state index contributed by atoms with van der Waals surface area (Å²) < 4.78 is 5.43. The van der Waals surface area contributed by atoms with Crippen molar-refractivity contribution in [3.8, 4) is 11.3 Å². The number of hydroxylamine groups is 2. The first-order chi connectivity index (χ1) is 17.6. The van der Waals surface area contributed by atoms with Crippen LogP contribution in [0.3, 0.4) is 0 Å². The lowest BCUT2D eigenvalue weighted by Gasteiger charge is -2.27. The van der Waals surface area contributed by atoms with Crippen molar-refractivity contribution in [1.82, 2.24) is 15.4 Å². The summed E-state index contributed by atoms with van der Waals surface area (Å²) >= 11 is 0. The number of aromatic nitrogens is 1. The predicted molar refractivity (Wildman–Crippen MR) is 141 cm³/mol. The van der Waals surface area contributed by atoms with Gasteiger partial charge >= 0.3 is 12.2 Å². The van der Waals surface area contributed by atoms with Crippen LogP contribution in [0.25, 0.3) is 11.3 Å². The molecule has 37 heavy (non-hydrogen) atoms. The molecule has 8 heteroatoms. The van der Waals surface area contributed by atoms with Crippen LogP contribution in [0.4, 0.5) is 9.59 Å². The summed E-state index contributed by atoms with van der Waals surface area (Å²) in [6.45, 7) is 5.39. The van der Waals surface area contributed by atoms with Crippen molar-refractivity contribution in [2.24, 2.45) is 0 Å². The molecule has 0 spiro atoms. The van der Waals surface area contributed by atoms with Gasteiger partial charge in [0.15, 0.2) is 0 Å². The van der Waals surface area contributed by atoms with E-state index in [1.807, 2.05) is 72.8 Å². The number of nitrogens with one attached hydrogen (secondary N) is 1. The van der Waals surface area contributed by atoms with Crippen molar-refractivity contribution in [2.75, 3.05) is 0 Å². The number of amides is 2. The third-order valence-corrected chi connectivity index (χ3v) is 5.82. The number of pyridine rings is 1. The van der Waals surface area contributed by atoms with E-state index in [-0.39, 0.29) is 6.04 Å². The summed E-state index contributed by atoms with van der Waals surface area (Å²) in [4.78, 5) is 28.5. The molecule has 196 valence electrons. The second kappa shape index (κ2) is 12.9. The van der Waals surface area contributed by atoms with Crippen LogP contribution in [-0.4, -0.2) is 50.2 Å². The minimum atomic E-state index is -1.42. The molecule has 1 aromatic heterocycles. The van der Waals surface area contributed by atoms with Crippen LogP contribution in [0.2, 0.25) is 0 Å². The van der Waals surface area contributed by atoms with Gasteiger partial charge in [-0.15, -0.1) is 0 Å². The van der Waals surface area contributed by atoms with Gasteiger partial charge in [0, 0.05) is 17.8 Å². The number of carbonyl (C=O) groups is 2. The molecular formula is C29H35N3O5. The lowest BCUT2D eigenvalue weighted by Crippen LogP contribution is -2.43. The van der Waals surface area contributed by atoms with Crippen LogP contribution >= 0.6 is 0 Å². The smallest absolute Gasteiger partial charge is 0.431 e. The molecule has 2 atom stereocenters. The Bertz CT molecular complexity index is 1130. The van der Waals surface area contributed by atoms with Gasteiger partial charge in [-0.3, -0.25) is 10.2 Å². The van der Waals surface area contributed by atoms with Crippen molar-refractivity contribution >= 4 is 12.2 Å². The molecule has 0 radical (unpaired) electrons. The van der Waals surface area contributed by atoms with E-state index in [4.69, 9.17) is 4.74 Å². The van der Waals surface area contributed by atoms with E-state index in [1.54, 1.807) is 27.0 Å². The summed E-state index contributed by atoms with van der Waals surface area (Å²) in [5.74, 6) is 0. The van der Waals surface area contributed by atoms with Crippen molar-refractivity contribution in [2.45, 2.75) is 64.1 Å².